The molecule has 0 fully saturated rings. The van der Waals surface area contributed by atoms with Crippen molar-refractivity contribution >= 4 is 0 Å². The Labute approximate surface area is 144 Å². The third kappa shape index (κ3) is 15.6. The molecule has 13 heteroatoms. The molecule has 0 radical (unpaired) electrons. The standard InChI is InChI=1S/C12H24N6O7/c13-17-15-12(20,16-18-14)11-25-10-9-24-8-7-23-6-5-22-4-3-21-2-1-19/h19-20H,1-11H2. The molecule has 0 aliphatic carbocycles. The number of rotatable bonds is 18. The molecule has 0 spiro atoms. The molecule has 0 aromatic heterocycles. The molecular formula is C12H24N6O7. The number of hydrogen-bond donors (Lipinski definition) is 2. The first kappa shape index (κ1) is 23.3. The van der Waals surface area contributed by atoms with Crippen molar-refractivity contribution in [2.75, 3.05) is 72.7 Å². The fourth-order valence-corrected chi connectivity index (χ4v) is 1.37. The summed E-state index contributed by atoms with van der Waals surface area (Å²) in [5.41, 5.74) is 16.5. The van der Waals surface area contributed by atoms with E-state index in [1.165, 1.54) is 0 Å². The Morgan fingerprint density at radius 1 is 0.680 bits per heavy atom. The summed E-state index contributed by atoms with van der Waals surface area (Å²) in [6, 6.07) is 0. The van der Waals surface area contributed by atoms with Gasteiger partial charge in [0.2, 0.25) is 5.85 Å². The van der Waals surface area contributed by atoms with Gasteiger partial charge in [-0.25, -0.2) is 0 Å². The van der Waals surface area contributed by atoms with Crippen molar-refractivity contribution in [1.82, 2.24) is 0 Å². The van der Waals surface area contributed by atoms with Crippen molar-refractivity contribution in [3.05, 3.63) is 20.9 Å². The number of aliphatic hydroxyl groups excluding tert-OH is 1. The van der Waals surface area contributed by atoms with Crippen LogP contribution in [0.15, 0.2) is 10.2 Å². The van der Waals surface area contributed by atoms with Gasteiger partial charge in [-0.3, -0.25) is 0 Å². The van der Waals surface area contributed by atoms with Gasteiger partial charge in [-0.05, 0) is 11.1 Å². The van der Waals surface area contributed by atoms with Crippen LogP contribution in [0.25, 0.3) is 20.9 Å². The summed E-state index contributed by atoms with van der Waals surface area (Å²) in [6.45, 7) is 2.62. The molecule has 144 valence electrons. The maximum absolute atomic E-state index is 9.56. The van der Waals surface area contributed by atoms with Gasteiger partial charge in [0, 0.05) is 9.82 Å². The summed E-state index contributed by atoms with van der Waals surface area (Å²) in [6.07, 6.45) is 0. The van der Waals surface area contributed by atoms with E-state index in [-0.39, 0.29) is 19.8 Å². The second-order valence-corrected chi connectivity index (χ2v) is 4.38. The van der Waals surface area contributed by atoms with E-state index in [2.05, 4.69) is 20.1 Å². The average molecular weight is 364 g/mol. The van der Waals surface area contributed by atoms with Gasteiger partial charge in [-0.15, -0.1) is 0 Å². The van der Waals surface area contributed by atoms with Gasteiger partial charge in [0.15, 0.2) is 0 Å². The Kier molecular flexibility index (Phi) is 16.0. The van der Waals surface area contributed by atoms with Gasteiger partial charge in [-0.1, -0.05) is 10.2 Å². The predicted molar refractivity (Wildman–Crippen MR) is 84.4 cm³/mol. The molecule has 0 bridgehead atoms. The topological polar surface area (TPSA) is 184 Å². The minimum Gasteiger partial charge on any atom is -0.394 e. The lowest BCUT2D eigenvalue weighted by molar-refractivity contribution is -0.0554. The Morgan fingerprint density at radius 3 is 1.40 bits per heavy atom. The first-order valence-corrected chi connectivity index (χ1v) is 7.53. The van der Waals surface area contributed by atoms with Gasteiger partial charge in [-0.2, -0.15) is 0 Å². The van der Waals surface area contributed by atoms with E-state index in [1.807, 2.05) is 0 Å². The van der Waals surface area contributed by atoms with Crippen molar-refractivity contribution < 1.29 is 33.9 Å². The van der Waals surface area contributed by atoms with E-state index >= 15 is 0 Å². The van der Waals surface area contributed by atoms with Crippen LogP contribution in [-0.4, -0.2) is 88.7 Å². The van der Waals surface area contributed by atoms with E-state index in [0.29, 0.717) is 46.2 Å². The van der Waals surface area contributed by atoms with E-state index in [9.17, 15) is 5.11 Å². The highest BCUT2D eigenvalue weighted by atomic mass is 16.6. The van der Waals surface area contributed by atoms with Gasteiger partial charge in [0.1, 0.15) is 0 Å². The smallest absolute Gasteiger partial charge is 0.246 e. The summed E-state index contributed by atoms with van der Waals surface area (Å²) < 4.78 is 25.7. The van der Waals surface area contributed by atoms with Gasteiger partial charge < -0.3 is 33.9 Å². The number of aliphatic hydroxyl groups is 2. The second-order valence-electron chi connectivity index (χ2n) is 4.38. The molecule has 13 nitrogen and oxygen atoms in total. The zero-order valence-electron chi connectivity index (χ0n) is 13.9. The largest absolute Gasteiger partial charge is 0.394 e. The molecule has 0 atom stereocenters. The highest BCUT2D eigenvalue weighted by molar-refractivity contribution is 4.73. The zero-order chi connectivity index (χ0) is 18.6. The van der Waals surface area contributed by atoms with E-state index in [4.69, 9.17) is 39.9 Å². The monoisotopic (exact) mass is 364 g/mol. The molecule has 2 N–H and O–H groups in total. The number of ether oxygens (including phenoxy) is 5. The third-order valence-corrected chi connectivity index (χ3v) is 2.43. The van der Waals surface area contributed by atoms with Crippen LogP contribution in [0.4, 0.5) is 0 Å². The SMILES string of the molecule is [N-]=[N+]=NC(O)(COCCOCCOCCOCCOCCO)N=[N+]=[N-]. The van der Waals surface area contributed by atoms with Crippen LogP contribution in [0, 0.1) is 0 Å². The molecule has 0 aromatic carbocycles. The third-order valence-electron chi connectivity index (χ3n) is 2.43. The van der Waals surface area contributed by atoms with Crippen molar-refractivity contribution in [3.63, 3.8) is 0 Å². The number of nitrogens with zero attached hydrogens (tertiary/aromatic N) is 6. The molecule has 0 saturated heterocycles. The lowest BCUT2D eigenvalue weighted by atomic mass is 10.5. The van der Waals surface area contributed by atoms with Gasteiger partial charge in [0.25, 0.3) is 0 Å². The van der Waals surface area contributed by atoms with Crippen LogP contribution < -0.4 is 0 Å². The maximum atomic E-state index is 9.56. The fourth-order valence-electron chi connectivity index (χ4n) is 1.37. The van der Waals surface area contributed by atoms with E-state index in [1.54, 1.807) is 0 Å². The molecule has 0 rings (SSSR count). The molecule has 0 aliphatic rings. The first-order valence-electron chi connectivity index (χ1n) is 7.53. The second kappa shape index (κ2) is 17.2. The minimum absolute atomic E-state index is 0.00334. The summed E-state index contributed by atoms with van der Waals surface area (Å²) in [7, 11) is 0. The Hall–Kier alpha value is -1.66. The molecule has 0 aliphatic heterocycles. The maximum Gasteiger partial charge on any atom is 0.246 e. The number of azide groups is 1. The summed E-state index contributed by atoms with van der Waals surface area (Å²) in [5.74, 6) is -2.28. The number of hydrogen-bond acceptors (Lipinski definition) is 9. The van der Waals surface area contributed by atoms with Crippen molar-refractivity contribution in [3.8, 4) is 0 Å². The van der Waals surface area contributed by atoms with Crippen molar-refractivity contribution in [1.29, 1.82) is 0 Å². The van der Waals surface area contributed by atoms with Crippen LogP contribution in [0.3, 0.4) is 0 Å². The first-order chi connectivity index (χ1) is 12.2. The molecule has 0 saturated carbocycles. The van der Waals surface area contributed by atoms with E-state index < -0.39 is 12.5 Å². The Morgan fingerprint density at radius 2 is 1.04 bits per heavy atom. The lowest BCUT2D eigenvalue weighted by Crippen LogP contribution is -2.29. The summed E-state index contributed by atoms with van der Waals surface area (Å²) in [4.78, 5) is 4.74. The molecule has 0 heterocycles. The average Bonchev–Trinajstić information content (AvgIpc) is 2.59. The highest BCUT2D eigenvalue weighted by Crippen LogP contribution is 2.10. The van der Waals surface area contributed by atoms with Crippen LogP contribution in [0.1, 0.15) is 0 Å². The quantitative estimate of drug-likeness (QED) is 0.152. The predicted octanol–water partition coefficient (Wildman–Crippen LogP) is 0.328. The lowest BCUT2D eigenvalue weighted by Gasteiger charge is -2.15. The van der Waals surface area contributed by atoms with E-state index in [0.717, 1.165) is 0 Å². The Balaban J connectivity index is 3.36. The van der Waals surface area contributed by atoms with Crippen LogP contribution >= 0.6 is 0 Å². The van der Waals surface area contributed by atoms with Crippen molar-refractivity contribution in [2.24, 2.45) is 10.2 Å². The summed E-state index contributed by atoms with van der Waals surface area (Å²) >= 11 is 0. The normalized spacial score (nSPS) is 12.9. The summed E-state index contributed by atoms with van der Waals surface area (Å²) in [5, 5.41) is 23.9. The van der Waals surface area contributed by atoms with Crippen molar-refractivity contribution in [2.45, 2.75) is 5.85 Å². The van der Waals surface area contributed by atoms with Gasteiger partial charge in [0.05, 0.1) is 72.7 Å². The molecule has 0 aromatic rings. The van der Waals surface area contributed by atoms with Crippen LogP contribution in [0.5, 0.6) is 0 Å². The molecule has 25 heavy (non-hydrogen) atoms. The zero-order valence-corrected chi connectivity index (χ0v) is 13.9. The minimum atomic E-state index is -2.28. The van der Waals surface area contributed by atoms with Gasteiger partial charge >= 0.3 is 0 Å². The molecule has 0 amide bonds. The van der Waals surface area contributed by atoms with Crippen LogP contribution in [0.2, 0.25) is 0 Å². The fraction of sp³-hybridized carbons (Fsp3) is 1.00. The molecule has 0 unspecified atom stereocenters. The van der Waals surface area contributed by atoms with Crippen LogP contribution in [-0.2, 0) is 23.7 Å². The highest BCUT2D eigenvalue weighted by Gasteiger charge is 2.23. The molecular weight excluding hydrogens is 340 g/mol. The Bertz CT molecular complexity index is 397.